The van der Waals surface area contributed by atoms with Gasteiger partial charge in [0.05, 0.1) is 18.1 Å². The summed E-state index contributed by atoms with van der Waals surface area (Å²) in [6, 6.07) is 0.420. The van der Waals surface area contributed by atoms with Gasteiger partial charge in [-0.1, -0.05) is 0 Å². The van der Waals surface area contributed by atoms with E-state index in [2.05, 4.69) is 14.5 Å². The van der Waals surface area contributed by atoms with E-state index in [0.29, 0.717) is 18.7 Å². The van der Waals surface area contributed by atoms with Crippen molar-refractivity contribution in [1.29, 1.82) is 0 Å². The molecule has 1 aliphatic heterocycles. The van der Waals surface area contributed by atoms with Crippen molar-refractivity contribution < 1.29 is 4.74 Å². The number of hydrogen-bond acceptors (Lipinski definition) is 4. The molecule has 1 aromatic rings. The lowest BCUT2D eigenvalue weighted by Crippen LogP contribution is -2.48. The van der Waals surface area contributed by atoms with Gasteiger partial charge in [-0.25, -0.2) is 4.98 Å². The van der Waals surface area contributed by atoms with Crippen LogP contribution in [0.5, 0.6) is 0 Å². The average Bonchev–Trinajstić information content (AvgIpc) is 2.75. The van der Waals surface area contributed by atoms with Crippen molar-refractivity contribution in [1.82, 2.24) is 14.5 Å². The highest BCUT2D eigenvalue weighted by atomic mass is 35.5. The topological polar surface area (TPSA) is 56.3 Å². The third kappa shape index (κ3) is 3.45. The summed E-state index contributed by atoms with van der Waals surface area (Å²) in [5.41, 5.74) is 7.09. The molecule has 0 aliphatic carbocycles. The fourth-order valence-electron chi connectivity index (χ4n) is 2.48. The zero-order valence-corrected chi connectivity index (χ0v) is 11.9. The minimum Gasteiger partial charge on any atom is -0.381 e. The third-order valence-electron chi connectivity index (χ3n) is 3.68. The van der Waals surface area contributed by atoms with E-state index in [0.717, 1.165) is 25.9 Å². The molecule has 0 radical (unpaired) electrons. The van der Waals surface area contributed by atoms with Crippen LogP contribution in [0.4, 0.5) is 0 Å². The van der Waals surface area contributed by atoms with Gasteiger partial charge < -0.3 is 15.0 Å². The highest BCUT2D eigenvalue weighted by Crippen LogP contribution is 2.20. The predicted octanol–water partition coefficient (Wildman–Crippen LogP) is 0.780. The molecular weight excluding hydrogens is 252 g/mol. The first-order chi connectivity index (χ1) is 8.24. The van der Waals surface area contributed by atoms with Gasteiger partial charge >= 0.3 is 0 Å². The Morgan fingerprint density at radius 3 is 2.89 bits per heavy atom. The molecule has 2 unspecified atom stereocenters. The molecule has 2 N–H and O–H groups in total. The van der Waals surface area contributed by atoms with Crippen LogP contribution in [0.1, 0.15) is 18.5 Å². The molecule has 6 heteroatoms. The number of imidazole rings is 1. The number of aryl methyl sites for hydroxylation is 1. The van der Waals surface area contributed by atoms with Gasteiger partial charge in [0, 0.05) is 46.0 Å². The molecule has 0 spiro atoms. The molecule has 2 atom stereocenters. The number of aromatic nitrogens is 2. The van der Waals surface area contributed by atoms with Crippen molar-refractivity contribution in [2.45, 2.75) is 31.5 Å². The molecule has 0 amide bonds. The van der Waals surface area contributed by atoms with Crippen molar-refractivity contribution >= 4 is 12.4 Å². The first kappa shape index (κ1) is 15.4. The summed E-state index contributed by atoms with van der Waals surface area (Å²) in [6.45, 7) is 2.66. The van der Waals surface area contributed by atoms with E-state index >= 15 is 0 Å². The largest absolute Gasteiger partial charge is 0.381 e. The van der Waals surface area contributed by atoms with Crippen LogP contribution in [0.25, 0.3) is 0 Å². The van der Waals surface area contributed by atoms with Crippen LogP contribution in [0.3, 0.4) is 0 Å². The summed E-state index contributed by atoms with van der Waals surface area (Å²) in [6.07, 6.45) is 6.26. The number of nitrogens with two attached hydrogens (primary N) is 1. The van der Waals surface area contributed by atoms with Gasteiger partial charge in [-0.15, -0.1) is 12.4 Å². The summed E-state index contributed by atoms with van der Waals surface area (Å²) in [7, 11) is 3.82. The second kappa shape index (κ2) is 7.09. The van der Waals surface area contributed by atoms with Crippen molar-refractivity contribution in [2.75, 3.05) is 20.2 Å². The summed E-state index contributed by atoms with van der Waals surface area (Å²) >= 11 is 0. The Hall–Kier alpha value is -0.620. The Morgan fingerprint density at radius 2 is 2.33 bits per heavy atom. The summed E-state index contributed by atoms with van der Waals surface area (Å²) < 4.78 is 7.50. The number of hydrogen-bond donors (Lipinski definition) is 1. The molecule has 2 rings (SSSR count). The summed E-state index contributed by atoms with van der Waals surface area (Å²) in [5, 5.41) is 0. The molecule has 0 saturated carbocycles. The van der Waals surface area contributed by atoms with E-state index in [1.54, 1.807) is 7.11 Å². The molecule has 104 valence electrons. The second-order valence-corrected chi connectivity index (χ2v) is 4.74. The Bertz CT molecular complexity index is 358. The van der Waals surface area contributed by atoms with Crippen LogP contribution in [0, 0.1) is 0 Å². The lowest BCUT2D eigenvalue weighted by atomic mass is 9.99. The van der Waals surface area contributed by atoms with Gasteiger partial charge in [0.15, 0.2) is 0 Å². The highest BCUT2D eigenvalue weighted by Gasteiger charge is 2.27. The molecule has 5 nitrogen and oxygen atoms in total. The predicted molar refractivity (Wildman–Crippen MR) is 73.7 cm³/mol. The number of methoxy groups -OCH3 is 1. The number of piperidine rings is 1. The molecule has 1 aliphatic rings. The fraction of sp³-hybridized carbons (Fsp3) is 0.750. The van der Waals surface area contributed by atoms with E-state index in [1.165, 1.54) is 5.69 Å². The minimum absolute atomic E-state index is 0. The third-order valence-corrected chi connectivity index (χ3v) is 3.68. The Balaban J connectivity index is 0.00000162. The van der Waals surface area contributed by atoms with Gasteiger partial charge in [0.2, 0.25) is 0 Å². The second-order valence-electron chi connectivity index (χ2n) is 4.74. The van der Waals surface area contributed by atoms with Crippen LogP contribution in [0.15, 0.2) is 12.5 Å². The molecule has 1 fully saturated rings. The lowest BCUT2D eigenvalue weighted by Gasteiger charge is -2.38. The Labute approximate surface area is 115 Å². The monoisotopic (exact) mass is 274 g/mol. The zero-order valence-electron chi connectivity index (χ0n) is 11.1. The smallest absolute Gasteiger partial charge is 0.0945 e. The average molecular weight is 275 g/mol. The minimum atomic E-state index is 0. The van der Waals surface area contributed by atoms with Gasteiger partial charge in [0.25, 0.3) is 0 Å². The van der Waals surface area contributed by atoms with Crippen LogP contribution in [-0.2, 0) is 18.3 Å². The van der Waals surface area contributed by atoms with Gasteiger partial charge in [0.1, 0.15) is 0 Å². The summed E-state index contributed by atoms with van der Waals surface area (Å²) in [4.78, 5) is 6.59. The van der Waals surface area contributed by atoms with Crippen LogP contribution in [-0.4, -0.2) is 46.8 Å². The number of halogens is 1. The number of ether oxygens (including phenoxy) is 1. The molecule has 18 heavy (non-hydrogen) atoms. The van der Waals surface area contributed by atoms with Crippen molar-refractivity contribution in [2.24, 2.45) is 12.8 Å². The standard InChI is InChI=1S/C12H22N4O.ClH/c1-15-9-14-7-11(15)8-16-4-3-12(17-2)5-10(16)6-13;/h7,9-10,12H,3-6,8,13H2,1-2H3;1H. The molecule has 0 bridgehead atoms. The SMILES string of the molecule is COC1CCN(Cc2cncn2C)C(CN)C1.Cl. The van der Waals surface area contributed by atoms with Gasteiger partial charge in [-0.2, -0.15) is 0 Å². The number of rotatable bonds is 4. The molecular formula is C12H23ClN4O. The van der Waals surface area contributed by atoms with E-state index in [-0.39, 0.29) is 12.4 Å². The molecule has 0 aromatic carbocycles. The van der Waals surface area contributed by atoms with Crippen LogP contribution < -0.4 is 5.73 Å². The van der Waals surface area contributed by atoms with E-state index < -0.39 is 0 Å². The van der Waals surface area contributed by atoms with Crippen molar-refractivity contribution in [3.63, 3.8) is 0 Å². The van der Waals surface area contributed by atoms with Crippen LogP contribution in [0.2, 0.25) is 0 Å². The first-order valence-corrected chi connectivity index (χ1v) is 6.16. The maximum atomic E-state index is 5.86. The summed E-state index contributed by atoms with van der Waals surface area (Å²) in [5.74, 6) is 0. The number of nitrogens with zero attached hydrogens (tertiary/aromatic N) is 3. The van der Waals surface area contributed by atoms with E-state index in [4.69, 9.17) is 10.5 Å². The molecule has 1 saturated heterocycles. The van der Waals surface area contributed by atoms with E-state index in [9.17, 15) is 0 Å². The van der Waals surface area contributed by atoms with Crippen molar-refractivity contribution in [3.05, 3.63) is 18.2 Å². The van der Waals surface area contributed by atoms with Gasteiger partial charge in [-0.05, 0) is 12.8 Å². The normalized spacial score (nSPS) is 24.8. The highest BCUT2D eigenvalue weighted by molar-refractivity contribution is 5.85. The molecule has 2 heterocycles. The Morgan fingerprint density at radius 1 is 1.56 bits per heavy atom. The molecule has 1 aromatic heterocycles. The maximum Gasteiger partial charge on any atom is 0.0945 e. The quantitative estimate of drug-likeness (QED) is 0.882. The first-order valence-electron chi connectivity index (χ1n) is 6.16. The van der Waals surface area contributed by atoms with E-state index in [1.807, 2.05) is 19.6 Å². The Kier molecular flexibility index (Phi) is 6.08. The van der Waals surface area contributed by atoms with Gasteiger partial charge in [-0.3, -0.25) is 4.90 Å². The van der Waals surface area contributed by atoms with Crippen molar-refractivity contribution in [3.8, 4) is 0 Å². The fourth-order valence-corrected chi connectivity index (χ4v) is 2.48. The number of likely N-dealkylation sites (tertiary alicyclic amines) is 1. The zero-order chi connectivity index (χ0) is 12.3. The van der Waals surface area contributed by atoms with Crippen LogP contribution >= 0.6 is 12.4 Å². The maximum absolute atomic E-state index is 5.86. The lowest BCUT2D eigenvalue weighted by molar-refractivity contribution is 0.00951.